The van der Waals surface area contributed by atoms with E-state index >= 15 is 0 Å². The van der Waals surface area contributed by atoms with Crippen molar-refractivity contribution in [2.24, 2.45) is 0 Å². The third-order valence-electron chi connectivity index (χ3n) is 6.98. The molecule has 36 heavy (non-hydrogen) atoms. The van der Waals surface area contributed by atoms with E-state index in [1.165, 1.54) is 122 Å². The van der Waals surface area contributed by atoms with E-state index in [0.29, 0.717) is 6.04 Å². The Kier molecular flexibility index (Phi) is 30.0. The third-order valence-corrected chi connectivity index (χ3v) is 6.98. The summed E-state index contributed by atoms with van der Waals surface area (Å²) in [5.74, 6) is 0. The molecule has 0 spiro atoms. The summed E-state index contributed by atoms with van der Waals surface area (Å²) in [4.78, 5) is 2.23. The van der Waals surface area contributed by atoms with E-state index in [1.807, 2.05) is 0 Å². The standard InChI is InChI=1S/C33H65NO2/c1-5-7-9-11-12-13-14-15-16-17-18-19-20-21-22-23-24-25-26-28-30-36-32-33(34(3)4)31-35-29-27-10-8-6-2/h12-13,15-16,33H,5-11,14,17-32H2,1-4H3/b13-12-,16-15-. The van der Waals surface area contributed by atoms with Crippen molar-refractivity contribution < 1.29 is 9.47 Å². The molecule has 0 radical (unpaired) electrons. The van der Waals surface area contributed by atoms with Crippen molar-refractivity contribution in [1.82, 2.24) is 4.90 Å². The molecule has 0 aromatic rings. The van der Waals surface area contributed by atoms with E-state index in [-0.39, 0.29) is 0 Å². The van der Waals surface area contributed by atoms with Gasteiger partial charge in [0.15, 0.2) is 0 Å². The SMILES string of the molecule is CCCCC/C=C\C/C=C\CCCCCCCCCCCCOCC(COCCCCCC)N(C)C. The maximum atomic E-state index is 5.96. The summed E-state index contributed by atoms with van der Waals surface area (Å²) in [5, 5.41) is 0. The predicted octanol–water partition coefficient (Wildman–Crippen LogP) is 9.90. The van der Waals surface area contributed by atoms with E-state index in [9.17, 15) is 0 Å². The van der Waals surface area contributed by atoms with E-state index in [0.717, 1.165) is 32.8 Å². The Hall–Kier alpha value is -0.640. The van der Waals surface area contributed by atoms with Gasteiger partial charge in [-0.3, -0.25) is 0 Å². The minimum atomic E-state index is 0.370. The lowest BCUT2D eigenvalue weighted by atomic mass is 10.1. The van der Waals surface area contributed by atoms with Crippen LogP contribution >= 0.6 is 0 Å². The molecule has 1 atom stereocenters. The Bertz CT molecular complexity index is 461. The number of rotatable bonds is 29. The first-order valence-electron chi connectivity index (χ1n) is 15.8. The van der Waals surface area contributed by atoms with Crippen LogP contribution in [0.2, 0.25) is 0 Å². The molecule has 0 bridgehead atoms. The fourth-order valence-corrected chi connectivity index (χ4v) is 4.32. The highest BCUT2D eigenvalue weighted by Crippen LogP contribution is 2.12. The molecule has 0 saturated carbocycles. The van der Waals surface area contributed by atoms with Gasteiger partial charge in [-0.15, -0.1) is 0 Å². The fourth-order valence-electron chi connectivity index (χ4n) is 4.32. The number of unbranched alkanes of at least 4 members (excludes halogenated alkanes) is 16. The molecule has 0 rings (SSSR count). The Balaban J connectivity index is 3.35. The van der Waals surface area contributed by atoms with Crippen LogP contribution in [0.1, 0.15) is 142 Å². The lowest BCUT2D eigenvalue weighted by Crippen LogP contribution is -2.37. The van der Waals surface area contributed by atoms with E-state index < -0.39 is 0 Å². The quantitative estimate of drug-likeness (QED) is 0.0742. The van der Waals surface area contributed by atoms with Crippen molar-refractivity contribution in [3.8, 4) is 0 Å². The van der Waals surface area contributed by atoms with Crippen molar-refractivity contribution in [2.75, 3.05) is 40.5 Å². The highest BCUT2D eigenvalue weighted by atomic mass is 16.5. The summed E-state index contributed by atoms with van der Waals surface area (Å²) < 4.78 is 11.8. The lowest BCUT2D eigenvalue weighted by molar-refractivity contribution is 0.0198. The zero-order chi connectivity index (χ0) is 26.4. The zero-order valence-electron chi connectivity index (χ0n) is 25.1. The minimum absolute atomic E-state index is 0.370. The van der Waals surface area contributed by atoms with Gasteiger partial charge >= 0.3 is 0 Å². The average Bonchev–Trinajstić information content (AvgIpc) is 2.87. The first-order valence-corrected chi connectivity index (χ1v) is 15.8. The van der Waals surface area contributed by atoms with Gasteiger partial charge in [0.2, 0.25) is 0 Å². The molecule has 0 amide bonds. The molecular weight excluding hydrogens is 442 g/mol. The molecular formula is C33H65NO2. The number of hydrogen-bond acceptors (Lipinski definition) is 3. The summed E-state index contributed by atoms with van der Waals surface area (Å²) in [6.45, 7) is 7.87. The first kappa shape index (κ1) is 35.4. The van der Waals surface area contributed by atoms with Crippen molar-refractivity contribution in [1.29, 1.82) is 0 Å². The number of allylic oxidation sites excluding steroid dienone is 4. The first-order chi connectivity index (χ1) is 17.7. The fraction of sp³-hybridized carbons (Fsp3) is 0.879. The van der Waals surface area contributed by atoms with Crippen molar-refractivity contribution in [2.45, 2.75) is 148 Å². The highest BCUT2D eigenvalue weighted by Gasteiger charge is 2.11. The van der Waals surface area contributed by atoms with Crippen molar-refractivity contribution >= 4 is 0 Å². The molecule has 0 aliphatic carbocycles. The summed E-state index contributed by atoms with van der Waals surface area (Å²) >= 11 is 0. The summed E-state index contributed by atoms with van der Waals surface area (Å²) in [6.07, 6.45) is 35.8. The monoisotopic (exact) mass is 508 g/mol. The molecule has 0 fully saturated rings. The van der Waals surface area contributed by atoms with E-state index in [1.54, 1.807) is 0 Å². The van der Waals surface area contributed by atoms with Gasteiger partial charge in [0.25, 0.3) is 0 Å². The van der Waals surface area contributed by atoms with E-state index in [4.69, 9.17) is 9.47 Å². The van der Waals surface area contributed by atoms with Crippen LogP contribution in [0.25, 0.3) is 0 Å². The molecule has 0 aliphatic heterocycles. The summed E-state index contributed by atoms with van der Waals surface area (Å²) in [5.41, 5.74) is 0. The van der Waals surface area contributed by atoms with Crippen LogP contribution in [0, 0.1) is 0 Å². The molecule has 214 valence electrons. The molecule has 3 heteroatoms. The Morgan fingerprint density at radius 2 is 0.889 bits per heavy atom. The Labute approximate surface area is 227 Å². The van der Waals surface area contributed by atoms with Gasteiger partial charge in [0, 0.05) is 13.2 Å². The molecule has 0 aliphatic rings. The molecule has 1 unspecified atom stereocenters. The largest absolute Gasteiger partial charge is 0.380 e. The van der Waals surface area contributed by atoms with Gasteiger partial charge in [0.05, 0.1) is 19.3 Å². The second-order valence-corrected chi connectivity index (χ2v) is 10.8. The molecule has 0 aromatic carbocycles. The maximum absolute atomic E-state index is 5.96. The van der Waals surface area contributed by atoms with Gasteiger partial charge in [-0.2, -0.15) is 0 Å². The predicted molar refractivity (Wildman–Crippen MR) is 161 cm³/mol. The molecule has 0 aromatic heterocycles. The van der Waals surface area contributed by atoms with Crippen molar-refractivity contribution in [3.05, 3.63) is 24.3 Å². The topological polar surface area (TPSA) is 21.7 Å². The maximum Gasteiger partial charge on any atom is 0.0644 e. The van der Waals surface area contributed by atoms with Crippen LogP contribution in [-0.4, -0.2) is 51.5 Å². The van der Waals surface area contributed by atoms with Crippen LogP contribution in [-0.2, 0) is 9.47 Å². The van der Waals surface area contributed by atoms with Gasteiger partial charge in [-0.05, 0) is 59.0 Å². The number of ether oxygens (including phenoxy) is 2. The lowest BCUT2D eigenvalue weighted by Gasteiger charge is -2.24. The molecule has 0 heterocycles. The number of likely N-dealkylation sites (N-methyl/N-ethyl adjacent to an activating group) is 1. The highest BCUT2D eigenvalue weighted by molar-refractivity contribution is 4.92. The molecule has 0 saturated heterocycles. The van der Waals surface area contributed by atoms with Gasteiger partial charge in [-0.1, -0.05) is 122 Å². The van der Waals surface area contributed by atoms with Crippen LogP contribution in [0.5, 0.6) is 0 Å². The minimum Gasteiger partial charge on any atom is -0.380 e. The van der Waals surface area contributed by atoms with Crippen LogP contribution in [0.15, 0.2) is 24.3 Å². The Morgan fingerprint density at radius 3 is 1.36 bits per heavy atom. The number of hydrogen-bond donors (Lipinski definition) is 0. The van der Waals surface area contributed by atoms with Gasteiger partial charge in [0.1, 0.15) is 0 Å². The molecule has 0 N–H and O–H groups in total. The summed E-state index contributed by atoms with van der Waals surface area (Å²) in [6, 6.07) is 0.370. The second-order valence-electron chi connectivity index (χ2n) is 10.8. The van der Waals surface area contributed by atoms with Gasteiger partial charge in [-0.25, -0.2) is 0 Å². The van der Waals surface area contributed by atoms with Crippen LogP contribution in [0.3, 0.4) is 0 Å². The van der Waals surface area contributed by atoms with E-state index in [2.05, 4.69) is 57.1 Å². The average molecular weight is 508 g/mol. The Morgan fingerprint density at radius 1 is 0.500 bits per heavy atom. The molecule has 3 nitrogen and oxygen atoms in total. The van der Waals surface area contributed by atoms with Crippen molar-refractivity contribution in [3.63, 3.8) is 0 Å². The van der Waals surface area contributed by atoms with Crippen LogP contribution in [0.4, 0.5) is 0 Å². The third kappa shape index (κ3) is 27.9. The smallest absolute Gasteiger partial charge is 0.0644 e. The van der Waals surface area contributed by atoms with Gasteiger partial charge < -0.3 is 14.4 Å². The second kappa shape index (κ2) is 30.6. The van der Waals surface area contributed by atoms with Crippen LogP contribution < -0.4 is 0 Å². The normalized spacial score (nSPS) is 13.0. The number of nitrogens with zero attached hydrogens (tertiary/aromatic N) is 1. The zero-order valence-corrected chi connectivity index (χ0v) is 25.1. The summed E-state index contributed by atoms with van der Waals surface area (Å²) in [7, 11) is 4.25.